The minimum Gasteiger partial charge on any atom is -0.462 e. The minimum absolute atomic E-state index is 0.235. The lowest BCUT2D eigenvalue weighted by atomic mass is 10.2. The Morgan fingerprint density at radius 2 is 2.07 bits per heavy atom. The number of carbonyl (C=O) groups is 1. The number of hydrogen-bond donors (Lipinski definition) is 0. The largest absolute Gasteiger partial charge is 0.462 e. The molecule has 0 fully saturated rings. The maximum absolute atomic E-state index is 11.6. The number of benzene rings is 1. The molecule has 0 radical (unpaired) electrons. The molecule has 82 valence electrons. The molecule has 0 amide bonds. The van der Waals surface area contributed by atoms with Gasteiger partial charge in [-0.25, -0.2) is 4.79 Å². The molecule has 1 aromatic carbocycles. The third-order valence-corrected chi connectivity index (χ3v) is 2.83. The van der Waals surface area contributed by atoms with E-state index < -0.39 is 0 Å². The van der Waals surface area contributed by atoms with Gasteiger partial charge in [0.25, 0.3) is 0 Å². The van der Waals surface area contributed by atoms with Gasteiger partial charge in [0.05, 0.1) is 12.2 Å². The quantitative estimate of drug-likeness (QED) is 0.579. The average molecular weight is 224 g/mol. The highest BCUT2D eigenvalue weighted by Crippen LogP contribution is 2.26. The van der Waals surface area contributed by atoms with Crippen molar-refractivity contribution in [1.29, 1.82) is 0 Å². The van der Waals surface area contributed by atoms with Crippen molar-refractivity contribution < 1.29 is 9.53 Å². The molecule has 0 aliphatic heterocycles. The smallest absolute Gasteiger partial charge is 0.339 e. The summed E-state index contributed by atoms with van der Waals surface area (Å²) in [5, 5.41) is 0.459. The first-order chi connectivity index (χ1) is 7.15. The van der Waals surface area contributed by atoms with Gasteiger partial charge < -0.3 is 4.74 Å². The second-order valence-corrected chi connectivity index (χ2v) is 5.00. The Hall–Kier alpha value is -0.960. The summed E-state index contributed by atoms with van der Waals surface area (Å²) in [4.78, 5) is 12.6. The monoisotopic (exact) mass is 224 g/mol. The van der Waals surface area contributed by atoms with Crippen molar-refractivity contribution in [3.8, 4) is 0 Å². The van der Waals surface area contributed by atoms with Crippen LogP contribution in [0.25, 0.3) is 0 Å². The first-order valence-electron chi connectivity index (χ1n) is 5.08. The van der Waals surface area contributed by atoms with Crippen LogP contribution in [0.15, 0.2) is 29.2 Å². The van der Waals surface area contributed by atoms with Crippen molar-refractivity contribution >= 4 is 17.7 Å². The van der Waals surface area contributed by atoms with E-state index in [1.807, 2.05) is 31.2 Å². The molecule has 0 unspecified atom stereocenters. The summed E-state index contributed by atoms with van der Waals surface area (Å²) < 4.78 is 5.00. The molecule has 3 heteroatoms. The number of ether oxygens (including phenoxy) is 1. The molecule has 1 rings (SSSR count). The lowest BCUT2D eigenvalue weighted by Crippen LogP contribution is -2.06. The second-order valence-electron chi connectivity index (χ2n) is 3.38. The number of rotatable bonds is 4. The Kier molecular flexibility index (Phi) is 4.69. The van der Waals surface area contributed by atoms with Crippen molar-refractivity contribution in [1.82, 2.24) is 0 Å². The van der Waals surface area contributed by atoms with E-state index >= 15 is 0 Å². The standard InChI is InChI=1S/C12H16O2S/c1-4-14-12(13)10-7-5-6-8-11(10)15-9(2)3/h5-9H,4H2,1-3H3. The van der Waals surface area contributed by atoms with Gasteiger partial charge in [-0.05, 0) is 19.1 Å². The van der Waals surface area contributed by atoms with Crippen molar-refractivity contribution in [3.05, 3.63) is 29.8 Å². The van der Waals surface area contributed by atoms with Crippen molar-refractivity contribution in [2.75, 3.05) is 6.61 Å². The molecule has 0 N–H and O–H groups in total. The minimum atomic E-state index is -0.235. The van der Waals surface area contributed by atoms with Crippen molar-refractivity contribution in [2.45, 2.75) is 30.9 Å². The lowest BCUT2D eigenvalue weighted by molar-refractivity contribution is 0.0522. The van der Waals surface area contributed by atoms with Gasteiger partial charge in [0.2, 0.25) is 0 Å². The van der Waals surface area contributed by atoms with Crippen molar-refractivity contribution in [2.24, 2.45) is 0 Å². The first-order valence-corrected chi connectivity index (χ1v) is 5.96. The third-order valence-electron chi connectivity index (χ3n) is 1.75. The van der Waals surface area contributed by atoms with E-state index in [-0.39, 0.29) is 5.97 Å². The fraction of sp³-hybridized carbons (Fsp3) is 0.417. The number of thioether (sulfide) groups is 1. The van der Waals surface area contributed by atoms with E-state index in [1.165, 1.54) is 0 Å². The zero-order chi connectivity index (χ0) is 11.3. The summed E-state index contributed by atoms with van der Waals surface area (Å²) in [5.41, 5.74) is 0.665. The second kappa shape index (κ2) is 5.81. The van der Waals surface area contributed by atoms with Crippen LogP contribution in [0.4, 0.5) is 0 Å². The highest BCUT2D eigenvalue weighted by molar-refractivity contribution is 8.00. The van der Waals surface area contributed by atoms with Crippen LogP contribution in [0.3, 0.4) is 0 Å². The maximum atomic E-state index is 11.6. The van der Waals surface area contributed by atoms with Crippen molar-refractivity contribution in [3.63, 3.8) is 0 Å². The number of carbonyl (C=O) groups excluding carboxylic acids is 1. The Balaban J connectivity index is 2.90. The van der Waals surface area contributed by atoms with E-state index in [0.29, 0.717) is 17.4 Å². The lowest BCUT2D eigenvalue weighted by Gasteiger charge is -2.09. The Labute approximate surface area is 95.0 Å². The number of esters is 1. The van der Waals surface area contributed by atoms with Crippen LogP contribution in [-0.4, -0.2) is 17.8 Å². The zero-order valence-corrected chi connectivity index (χ0v) is 10.1. The normalized spacial score (nSPS) is 10.4. The first kappa shape index (κ1) is 12.1. The fourth-order valence-electron chi connectivity index (χ4n) is 1.20. The van der Waals surface area contributed by atoms with Crippen LogP contribution in [0.2, 0.25) is 0 Å². The molecule has 0 saturated carbocycles. The van der Waals surface area contributed by atoms with E-state index in [2.05, 4.69) is 13.8 Å². The summed E-state index contributed by atoms with van der Waals surface area (Å²) in [5.74, 6) is -0.235. The Morgan fingerprint density at radius 1 is 1.40 bits per heavy atom. The maximum Gasteiger partial charge on any atom is 0.339 e. The molecule has 0 aliphatic carbocycles. The van der Waals surface area contributed by atoms with Crippen LogP contribution in [-0.2, 0) is 4.74 Å². The van der Waals surface area contributed by atoms with E-state index in [1.54, 1.807) is 11.8 Å². The predicted octanol–water partition coefficient (Wildman–Crippen LogP) is 3.36. The van der Waals surface area contributed by atoms with Gasteiger partial charge in [0, 0.05) is 10.1 Å². The predicted molar refractivity (Wildman–Crippen MR) is 63.4 cm³/mol. The molecular weight excluding hydrogens is 208 g/mol. The summed E-state index contributed by atoms with van der Waals surface area (Å²) in [6, 6.07) is 7.56. The molecule has 0 aliphatic rings. The van der Waals surface area contributed by atoms with Crippen LogP contribution in [0.5, 0.6) is 0 Å². The van der Waals surface area contributed by atoms with E-state index in [0.717, 1.165) is 4.90 Å². The van der Waals surface area contributed by atoms with Gasteiger partial charge in [0.15, 0.2) is 0 Å². The highest BCUT2D eigenvalue weighted by atomic mass is 32.2. The molecular formula is C12H16O2S. The summed E-state index contributed by atoms with van der Waals surface area (Å²) in [7, 11) is 0. The van der Waals surface area contributed by atoms with Gasteiger partial charge in [-0.2, -0.15) is 0 Å². The molecule has 0 aromatic heterocycles. The zero-order valence-electron chi connectivity index (χ0n) is 9.32. The van der Waals surface area contributed by atoms with Gasteiger partial charge in [-0.15, -0.1) is 11.8 Å². The molecule has 1 aromatic rings. The molecule has 0 saturated heterocycles. The fourth-order valence-corrected chi connectivity index (χ4v) is 2.14. The summed E-state index contributed by atoms with van der Waals surface area (Å²) in [6.45, 7) is 6.44. The van der Waals surface area contributed by atoms with Crippen LogP contribution in [0, 0.1) is 0 Å². The SMILES string of the molecule is CCOC(=O)c1ccccc1SC(C)C. The molecule has 2 nitrogen and oxygen atoms in total. The molecule has 0 spiro atoms. The number of hydrogen-bond acceptors (Lipinski definition) is 3. The third kappa shape index (κ3) is 3.59. The Bertz CT molecular complexity index is 334. The Morgan fingerprint density at radius 3 is 2.67 bits per heavy atom. The highest BCUT2D eigenvalue weighted by Gasteiger charge is 2.12. The van der Waals surface area contributed by atoms with Gasteiger partial charge in [0.1, 0.15) is 0 Å². The van der Waals surface area contributed by atoms with E-state index in [4.69, 9.17) is 4.74 Å². The van der Waals surface area contributed by atoms with Crippen LogP contribution >= 0.6 is 11.8 Å². The molecule has 15 heavy (non-hydrogen) atoms. The summed E-state index contributed by atoms with van der Waals surface area (Å²) >= 11 is 1.68. The molecule has 0 atom stereocenters. The van der Waals surface area contributed by atoms with E-state index in [9.17, 15) is 4.79 Å². The topological polar surface area (TPSA) is 26.3 Å². The van der Waals surface area contributed by atoms with Gasteiger partial charge >= 0.3 is 5.97 Å². The van der Waals surface area contributed by atoms with Gasteiger partial charge in [-0.1, -0.05) is 26.0 Å². The summed E-state index contributed by atoms with van der Waals surface area (Å²) in [6.07, 6.45) is 0. The van der Waals surface area contributed by atoms with Crippen LogP contribution in [0.1, 0.15) is 31.1 Å². The van der Waals surface area contributed by atoms with Gasteiger partial charge in [-0.3, -0.25) is 0 Å². The van der Waals surface area contributed by atoms with Crippen LogP contribution < -0.4 is 0 Å². The molecule has 0 heterocycles. The average Bonchev–Trinajstić information content (AvgIpc) is 2.18. The molecule has 0 bridgehead atoms.